The SMILES string of the molecule is C=CC=C.COP(OC)OC.COP(OC)OC.[Ru].c1ccc(P(c2ccccc2)c2ccccc2)cc1. The summed E-state index contributed by atoms with van der Waals surface area (Å²) in [6.45, 7) is 6.72. The fourth-order valence-electron chi connectivity index (χ4n) is 2.63. The molecule has 0 N–H and O–H groups in total. The van der Waals surface area contributed by atoms with Crippen LogP contribution in [0.1, 0.15) is 0 Å². The van der Waals surface area contributed by atoms with Crippen LogP contribution in [-0.4, -0.2) is 42.7 Å². The summed E-state index contributed by atoms with van der Waals surface area (Å²) in [7, 11) is 6.69. The predicted molar refractivity (Wildman–Crippen MR) is 161 cm³/mol. The Labute approximate surface area is 245 Å². The second kappa shape index (κ2) is 27.4. The molecule has 3 aromatic rings. The van der Waals surface area contributed by atoms with Crippen molar-refractivity contribution in [3.8, 4) is 0 Å². The maximum atomic E-state index is 4.67. The third kappa shape index (κ3) is 17.4. The zero-order valence-corrected chi connectivity index (χ0v) is 27.3. The molecule has 0 heterocycles. The fraction of sp³-hybridized carbons (Fsp3) is 0.214. The molecule has 0 saturated carbocycles. The number of hydrogen-bond acceptors (Lipinski definition) is 6. The van der Waals surface area contributed by atoms with Crippen molar-refractivity contribution in [2.24, 2.45) is 0 Å². The van der Waals surface area contributed by atoms with Gasteiger partial charge < -0.3 is 27.1 Å². The van der Waals surface area contributed by atoms with Crippen molar-refractivity contribution >= 4 is 41.0 Å². The molecule has 0 unspecified atom stereocenters. The maximum absolute atomic E-state index is 4.67. The largest absolute Gasteiger partial charge is 0.331 e. The van der Waals surface area contributed by atoms with E-state index < -0.39 is 25.1 Å². The minimum absolute atomic E-state index is 0. The van der Waals surface area contributed by atoms with Crippen LogP contribution in [-0.2, 0) is 46.6 Å². The average molecular weight is 666 g/mol. The topological polar surface area (TPSA) is 55.4 Å². The predicted octanol–water partition coefficient (Wildman–Crippen LogP) is 7.11. The van der Waals surface area contributed by atoms with Crippen molar-refractivity contribution in [2.75, 3.05) is 42.7 Å². The summed E-state index contributed by atoms with van der Waals surface area (Å²) in [6, 6.07) is 32.3. The van der Waals surface area contributed by atoms with Crippen molar-refractivity contribution in [1.82, 2.24) is 0 Å². The van der Waals surface area contributed by atoms with E-state index in [1.54, 1.807) is 54.8 Å². The van der Waals surface area contributed by atoms with Gasteiger partial charge in [0.2, 0.25) is 0 Å². The zero-order chi connectivity index (χ0) is 27.7. The van der Waals surface area contributed by atoms with E-state index in [0.717, 1.165) is 0 Å². The first-order valence-electron chi connectivity index (χ1n) is 11.1. The van der Waals surface area contributed by atoms with Crippen LogP contribution in [0.5, 0.6) is 0 Å². The molecule has 0 aromatic heterocycles. The van der Waals surface area contributed by atoms with E-state index in [-0.39, 0.29) is 19.5 Å². The van der Waals surface area contributed by atoms with Crippen LogP contribution in [0, 0.1) is 0 Å². The maximum Gasteiger partial charge on any atom is 0.331 e. The average Bonchev–Trinajstić information content (AvgIpc) is 2.98. The fourth-order valence-corrected chi connectivity index (χ4v) is 5.83. The Balaban J connectivity index is 0. The van der Waals surface area contributed by atoms with Crippen LogP contribution in [0.2, 0.25) is 0 Å². The van der Waals surface area contributed by atoms with E-state index in [1.807, 2.05) is 0 Å². The van der Waals surface area contributed by atoms with Crippen molar-refractivity contribution in [2.45, 2.75) is 0 Å². The first kappa shape index (κ1) is 39.0. The molecule has 0 aliphatic carbocycles. The Morgan fingerprint density at radius 1 is 0.447 bits per heavy atom. The van der Waals surface area contributed by atoms with Gasteiger partial charge in [-0.1, -0.05) is 116 Å². The molecule has 0 fully saturated rings. The van der Waals surface area contributed by atoms with Gasteiger partial charge in [-0.3, -0.25) is 0 Å². The van der Waals surface area contributed by atoms with E-state index in [1.165, 1.54) is 15.9 Å². The van der Waals surface area contributed by atoms with Crippen LogP contribution < -0.4 is 15.9 Å². The van der Waals surface area contributed by atoms with Gasteiger partial charge in [0.05, 0.1) is 0 Å². The molecule has 3 aromatic carbocycles. The third-order valence-corrected chi connectivity index (χ3v) is 8.34. The van der Waals surface area contributed by atoms with Gasteiger partial charge in [0.1, 0.15) is 0 Å². The molecule has 0 saturated heterocycles. The number of hydrogen-bond donors (Lipinski definition) is 0. The van der Waals surface area contributed by atoms with Gasteiger partial charge in [0.25, 0.3) is 0 Å². The van der Waals surface area contributed by atoms with Gasteiger partial charge in [-0.2, -0.15) is 0 Å². The summed E-state index contributed by atoms with van der Waals surface area (Å²) in [5.41, 5.74) is 0. The first-order chi connectivity index (χ1) is 18.1. The summed E-state index contributed by atoms with van der Waals surface area (Å²) in [5.74, 6) is 0. The van der Waals surface area contributed by atoms with E-state index in [4.69, 9.17) is 0 Å². The van der Waals surface area contributed by atoms with Gasteiger partial charge in [0.15, 0.2) is 0 Å². The molecule has 3 rings (SSSR count). The summed E-state index contributed by atoms with van der Waals surface area (Å²) in [6.07, 6.45) is 3.28. The second-order valence-electron chi connectivity index (χ2n) is 6.36. The van der Waals surface area contributed by atoms with Gasteiger partial charge in [-0.05, 0) is 23.8 Å². The molecule has 210 valence electrons. The quantitative estimate of drug-likeness (QED) is 0.131. The molecule has 0 amide bonds. The normalized spacial score (nSPS) is 9.61. The van der Waals surface area contributed by atoms with E-state index >= 15 is 0 Å². The van der Waals surface area contributed by atoms with Crippen LogP contribution in [0.3, 0.4) is 0 Å². The Bertz CT molecular complexity index is 793. The molecule has 0 bridgehead atoms. The van der Waals surface area contributed by atoms with Crippen molar-refractivity contribution in [1.29, 1.82) is 0 Å². The second-order valence-corrected chi connectivity index (χ2v) is 11.7. The van der Waals surface area contributed by atoms with Gasteiger partial charge in [-0.15, -0.1) is 0 Å². The van der Waals surface area contributed by atoms with E-state index in [2.05, 4.69) is 131 Å². The van der Waals surface area contributed by atoms with Crippen LogP contribution >= 0.6 is 25.1 Å². The Morgan fingerprint density at radius 3 is 0.789 bits per heavy atom. The summed E-state index contributed by atoms with van der Waals surface area (Å²) >= 11 is 0. The minimum Gasteiger partial charge on any atom is -0.316 e. The van der Waals surface area contributed by atoms with E-state index in [0.29, 0.717) is 0 Å². The molecule has 0 atom stereocenters. The van der Waals surface area contributed by atoms with Crippen molar-refractivity contribution in [3.63, 3.8) is 0 Å². The Morgan fingerprint density at radius 2 is 0.658 bits per heavy atom. The minimum atomic E-state index is -1.05. The first-order valence-corrected chi connectivity index (χ1v) is 14.6. The Hall–Kier alpha value is -1.19. The smallest absolute Gasteiger partial charge is 0.316 e. The molecular formula is C28H39O6P3Ru. The summed E-state index contributed by atoms with van der Waals surface area (Å²) in [4.78, 5) is 0. The Kier molecular flexibility index (Phi) is 28.1. The van der Waals surface area contributed by atoms with Crippen LogP contribution in [0.25, 0.3) is 0 Å². The zero-order valence-electron chi connectivity index (χ0n) is 22.9. The summed E-state index contributed by atoms with van der Waals surface area (Å²) < 4.78 is 28.0. The molecular weight excluding hydrogens is 626 g/mol. The molecule has 0 aliphatic heterocycles. The van der Waals surface area contributed by atoms with Crippen LogP contribution in [0.15, 0.2) is 116 Å². The molecule has 38 heavy (non-hydrogen) atoms. The molecule has 6 nitrogen and oxygen atoms in total. The van der Waals surface area contributed by atoms with Crippen LogP contribution in [0.4, 0.5) is 0 Å². The number of benzene rings is 3. The molecule has 0 aliphatic rings. The monoisotopic (exact) mass is 666 g/mol. The molecule has 10 heteroatoms. The van der Waals surface area contributed by atoms with E-state index in [9.17, 15) is 0 Å². The number of rotatable bonds is 10. The van der Waals surface area contributed by atoms with Crippen molar-refractivity contribution < 1.29 is 46.6 Å². The van der Waals surface area contributed by atoms with Gasteiger partial charge in [-0.25, -0.2) is 0 Å². The molecule has 0 radical (unpaired) electrons. The van der Waals surface area contributed by atoms with Crippen molar-refractivity contribution in [3.05, 3.63) is 116 Å². The number of allylic oxidation sites excluding steroid dienone is 2. The summed E-state index contributed by atoms with van der Waals surface area (Å²) in [5, 5.41) is 4.19. The standard InChI is InChI=1S/C18H15P.C4H6.2C3H9O3P.Ru/c1-4-10-16(11-5-1)19(17-12-6-2-7-13-17)18-14-8-3-9-15-18;1-3-4-2;2*1-4-7(5-2)6-3;/h1-15H;3-4H,1-2H2;2*1-3H3;. The van der Waals surface area contributed by atoms with Gasteiger partial charge in [0, 0.05) is 62.1 Å². The van der Waals surface area contributed by atoms with Gasteiger partial charge >= 0.3 is 17.2 Å². The molecule has 0 spiro atoms. The third-order valence-electron chi connectivity index (χ3n) is 4.10.